The van der Waals surface area contributed by atoms with Crippen LogP contribution in [0.1, 0.15) is 37.8 Å². The van der Waals surface area contributed by atoms with E-state index in [-0.39, 0.29) is 0 Å². The Morgan fingerprint density at radius 1 is 0.737 bits per heavy atom. The standard InChI is InChI=1S/C19H24/c1-19(2,16-18-12-7-4-8-13-18)15-9-14-17-10-5-3-6-11-17/h3-8,10-13H,9,14-16H2,1-2H3. The predicted octanol–water partition coefficient (Wildman–Crippen LogP) is 5.28. The molecule has 0 atom stereocenters. The lowest BCUT2D eigenvalue weighted by Crippen LogP contribution is -2.15. The van der Waals surface area contributed by atoms with Crippen molar-refractivity contribution in [3.05, 3.63) is 71.8 Å². The van der Waals surface area contributed by atoms with Gasteiger partial charge in [-0.3, -0.25) is 0 Å². The molecule has 0 radical (unpaired) electrons. The molecule has 0 bridgehead atoms. The van der Waals surface area contributed by atoms with Crippen molar-refractivity contribution in [2.24, 2.45) is 5.41 Å². The first-order valence-electron chi connectivity index (χ1n) is 7.24. The lowest BCUT2D eigenvalue weighted by Gasteiger charge is -2.24. The summed E-state index contributed by atoms with van der Waals surface area (Å²) in [5, 5.41) is 0. The molecule has 0 saturated carbocycles. The predicted molar refractivity (Wildman–Crippen MR) is 83.3 cm³/mol. The van der Waals surface area contributed by atoms with Gasteiger partial charge in [0.15, 0.2) is 0 Å². The molecule has 0 saturated heterocycles. The van der Waals surface area contributed by atoms with Crippen molar-refractivity contribution < 1.29 is 0 Å². The first-order valence-corrected chi connectivity index (χ1v) is 7.24. The van der Waals surface area contributed by atoms with E-state index in [9.17, 15) is 0 Å². The molecule has 2 aromatic rings. The summed E-state index contributed by atoms with van der Waals surface area (Å²) < 4.78 is 0. The quantitative estimate of drug-likeness (QED) is 0.656. The Morgan fingerprint density at radius 3 is 1.84 bits per heavy atom. The highest BCUT2D eigenvalue weighted by molar-refractivity contribution is 5.16. The fraction of sp³-hybridized carbons (Fsp3) is 0.368. The normalized spacial score (nSPS) is 11.5. The van der Waals surface area contributed by atoms with Crippen molar-refractivity contribution in [2.75, 3.05) is 0 Å². The highest BCUT2D eigenvalue weighted by Gasteiger charge is 2.17. The Morgan fingerprint density at radius 2 is 1.26 bits per heavy atom. The largest absolute Gasteiger partial charge is 0.0622 e. The summed E-state index contributed by atoms with van der Waals surface area (Å²) in [5.74, 6) is 0. The van der Waals surface area contributed by atoms with Crippen LogP contribution in [-0.4, -0.2) is 0 Å². The van der Waals surface area contributed by atoms with E-state index >= 15 is 0 Å². The second-order valence-electron chi connectivity index (χ2n) is 6.17. The van der Waals surface area contributed by atoms with E-state index in [1.54, 1.807) is 0 Å². The van der Waals surface area contributed by atoms with Gasteiger partial charge in [0, 0.05) is 0 Å². The molecule has 0 aliphatic rings. The van der Waals surface area contributed by atoms with Crippen LogP contribution in [0, 0.1) is 5.41 Å². The number of hydrogen-bond acceptors (Lipinski definition) is 0. The minimum absolute atomic E-state index is 0.385. The Balaban J connectivity index is 1.81. The molecular formula is C19H24. The zero-order valence-electron chi connectivity index (χ0n) is 12.1. The molecule has 19 heavy (non-hydrogen) atoms. The smallest absolute Gasteiger partial charge is 0.0227 e. The van der Waals surface area contributed by atoms with Crippen LogP contribution in [0.2, 0.25) is 0 Å². The van der Waals surface area contributed by atoms with Gasteiger partial charge in [-0.15, -0.1) is 0 Å². The van der Waals surface area contributed by atoms with Crippen molar-refractivity contribution in [1.82, 2.24) is 0 Å². The SMILES string of the molecule is CC(C)(CCCc1ccccc1)Cc1ccccc1. The highest BCUT2D eigenvalue weighted by atomic mass is 14.2. The summed E-state index contributed by atoms with van der Waals surface area (Å²) in [4.78, 5) is 0. The van der Waals surface area contributed by atoms with Crippen LogP contribution in [-0.2, 0) is 12.8 Å². The van der Waals surface area contributed by atoms with Crippen LogP contribution in [0.3, 0.4) is 0 Å². The second-order valence-corrected chi connectivity index (χ2v) is 6.17. The van der Waals surface area contributed by atoms with Crippen molar-refractivity contribution in [2.45, 2.75) is 39.5 Å². The molecule has 0 spiro atoms. The van der Waals surface area contributed by atoms with Gasteiger partial charge in [0.25, 0.3) is 0 Å². The van der Waals surface area contributed by atoms with E-state index in [2.05, 4.69) is 74.5 Å². The van der Waals surface area contributed by atoms with Gasteiger partial charge in [-0.05, 0) is 42.2 Å². The summed E-state index contributed by atoms with van der Waals surface area (Å²) >= 11 is 0. The fourth-order valence-electron chi connectivity index (χ4n) is 2.65. The molecule has 0 aliphatic heterocycles. The van der Waals surface area contributed by atoms with Gasteiger partial charge in [0.2, 0.25) is 0 Å². The van der Waals surface area contributed by atoms with Gasteiger partial charge in [-0.2, -0.15) is 0 Å². The maximum Gasteiger partial charge on any atom is -0.0227 e. The molecular weight excluding hydrogens is 228 g/mol. The van der Waals surface area contributed by atoms with Crippen LogP contribution >= 0.6 is 0 Å². The van der Waals surface area contributed by atoms with Gasteiger partial charge in [-0.1, -0.05) is 74.5 Å². The number of hydrogen-bond donors (Lipinski definition) is 0. The molecule has 0 heterocycles. The third-order valence-electron chi connectivity index (χ3n) is 3.69. The van der Waals surface area contributed by atoms with Gasteiger partial charge >= 0.3 is 0 Å². The summed E-state index contributed by atoms with van der Waals surface area (Å²) in [6.45, 7) is 4.76. The average molecular weight is 252 g/mol. The highest BCUT2D eigenvalue weighted by Crippen LogP contribution is 2.28. The maximum atomic E-state index is 2.38. The monoisotopic (exact) mass is 252 g/mol. The van der Waals surface area contributed by atoms with Gasteiger partial charge < -0.3 is 0 Å². The minimum Gasteiger partial charge on any atom is -0.0622 e. The summed E-state index contributed by atoms with van der Waals surface area (Å²) in [7, 11) is 0. The molecule has 0 nitrogen and oxygen atoms in total. The van der Waals surface area contributed by atoms with Crippen LogP contribution < -0.4 is 0 Å². The van der Waals surface area contributed by atoms with E-state index in [0.717, 1.165) is 0 Å². The molecule has 0 aromatic heterocycles. The van der Waals surface area contributed by atoms with Crippen LogP contribution in [0.25, 0.3) is 0 Å². The van der Waals surface area contributed by atoms with Crippen molar-refractivity contribution >= 4 is 0 Å². The molecule has 0 heteroatoms. The lowest BCUT2D eigenvalue weighted by atomic mass is 9.81. The fourth-order valence-corrected chi connectivity index (χ4v) is 2.65. The Kier molecular flexibility index (Phi) is 4.79. The average Bonchev–Trinajstić information content (AvgIpc) is 2.40. The maximum absolute atomic E-state index is 2.38. The second kappa shape index (κ2) is 6.56. The van der Waals surface area contributed by atoms with E-state index in [1.165, 1.54) is 36.8 Å². The van der Waals surface area contributed by atoms with Crippen molar-refractivity contribution in [3.8, 4) is 0 Å². The first-order chi connectivity index (χ1) is 9.16. The Hall–Kier alpha value is -1.56. The molecule has 0 unspecified atom stereocenters. The zero-order valence-corrected chi connectivity index (χ0v) is 12.1. The van der Waals surface area contributed by atoms with E-state index < -0.39 is 0 Å². The zero-order chi connectivity index (χ0) is 13.6. The molecule has 0 aliphatic carbocycles. The molecule has 0 N–H and O–H groups in total. The van der Waals surface area contributed by atoms with Crippen molar-refractivity contribution in [3.63, 3.8) is 0 Å². The molecule has 0 fully saturated rings. The topological polar surface area (TPSA) is 0 Å². The minimum atomic E-state index is 0.385. The van der Waals surface area contributed by atoms with E-state index in [0.29, 0.717) is 5.41 Å². The number of aryl methyl sites for hydroxylation is 1. The Bertz CT molecular complexity index is 468. The summed E-state index contributed by atoms with van der Waals surface area (Å²) in [6, 6.07) is 21.6. The number of benzene rings is 2. The summed E-state index contributed by atoms with van der Waals surface area (Å²) in [5.41, 5.74) is 3.29. The summed E-state index contributed by atoms with van der Waals surface area (Å²) in [6.07, 6.45) is 4.91. The third-order valence-corrected chi connectivity index (χ3v) is 3.69. The Labute approximate surface area is 117 Å². The van der Waals surface area contributed by atoms with Gasteiger partial charge in [0.1, 0.15) is 0 Å². The van der Waals surface area contributed by atoms with Gasteiger partial charge in [0.05, 0.1) is 0 Å². The van der Waals surface area contributed by atoms with Crippen LogP contribution in [0.5, 0.6) is 0 Å². The van der Waals surface area contributed by atoms with Crippen LogP contribution in [0.15, 0.2) is 60.7 Å². The molecule has 0 amide bonds. The van der Waals surface area contributed by atoms with Crippen molar-refractivity contribution in [1.29, 1.82) is 0 Å². The first kappa shape index (κ1) is 13.9. The molecule has 2 aromatic carbocycles. The molecule has 100 valence electrons. The third kappa shape index (κ3) is 4.90. The van der Waals surface area contributed by atoms with E-state index in [4.69, 9.17) is 0 Å². The van der Waals surface area contributed by atoms with Crippen LogP contribution in [0.4, 0.5) is 0 Å². The van der Waals surface area contributed by atoms with E-state index in [1.807, 2.05) is 0 Å². The number of rotatable bonds is 6. The van der Waals surface area contributed by atoms with Gasteiger partial charge in [-0.25, -0.2) is 0 Å². The lowest BCUT2D eigenvalue weighted by molar-refractivity contribution is 0.323. The molecule has 2 rings (SSSR count).